The van der Waals surface area contributed by atoms with Crippen LogP contribution in [0.3, 0.4) is 0 Å². The second-order valence-electron chi connectivity index (χ2n) is 4.43. The van der Waals surface area contributed by atoms with E-state index in [1.807, 2.05) is 32.0 Å². The summed E-state index contributed by atoms with van der Waals surface area (Å²) in [7, 11) is 0. The summed E-state index contributed by atoms with van der Waals surface area (Å²) in [5.74, 6) is -0.895. The molecule has 1 atom stereocenters. The number of aliphatic hydroxyl groups is 1. The molecule has 3 nitrogen and oxygen atoms in total. The maximum Gasteiger partial charge on any atom is 0.313 e. The highest BCUT2D eigenvalue weighted by Crippen LogP contribution is 2.30. The van der Waals surface area contributed by atoms with Crippen molar-refractivity contribution < 1.29 is 15.0 Å². The van der Waals surface area contributed by atoms with E-state index in [4.69, 9.17) is 5.11 Å². The molecule has 0 aliphatic heterocycles. The van der Waals surface area contributed by atoms with Gasteiger partial charge >= 0.3 is 5.97 Å². The van der Waals surface area contributed by atoms with E-state index in [2.05, 4.69) is 0 Å². The second kappa shape index (κ2) is 4.66. The van der Waals surface area contributed by atoms with Gasteiger partial charge in [-0.25, -0.2) is 0 Å². The van der Waals surface area contributed by atoms with E-state index in [9.17, 15) is 9.90 Å². The molecule has 0 heterocycles. The van der Waals surface area contributed by atoms with Crippen molar-refractivity contribution in [2.24, 2.45) is 0 Å². The highest BCUT2D eigenvalue weighted by Gasteiger charge is 2.35. The highest BCUT2D eigenvalue weighted by molar-refractivity contribution is 5.81. The molecular formula is C13H18O3. The number of benzene rings is 1. The quantitative estimate of drug-likeness (QED) is 0.819. The first-order chi connectivity index (χ1) is 7.41. The van der Waals surface area contributed by atoms with Crippen LogP contribution in [0.2, 0.25) is 0 Å². The molecule has 0 aliphatic rings. The Morgan fingerprint density at radius 1 is 1.38 bits per heavy atom. The summed E-state index contributed by atoms with van der Waals surface area (Å²) in [5, 5.41) is 18.3. The Bertz CT molecular complexity index is 398. The predicted octanol–water partition coefficient (Wildman–Crippen LogP) is 2.03. The van der Waals surface area contributed by atoms with Gasteiger partial charge in [0.2, 0.25) is 0 Å². The lowest BCUT2D eigenvalue weighted by molar-refractivity contribution is -0.143. The van der Waals surface area contributed by atoms with Gasteiger partial charge in [0.25, 0.3) is 0 Å². The highest BCUT2D eigenvalue weighted by atomic mass is 16.4. The van der Waals surface area contributed by atoms with Crippen LogP contribution in [0.15, 0.2) is 18.2 Å². The summed E-state index contributed by atoms with van der Waals surface area (Å²) >= 11 is 0. The maximum absolute atomic E-state index is 11.3. The van der Waals surface area contributed by atoms with E-state index >= 15 is 0 Å². The van der Waals surface area contributed by atoms with Crippen LogP contribution >= 0.6 is 0 Å². The standard InChI is InChI=1S/C13H18O3/c1-9-4-5-11(10(2)8-9)13(3,6-7-14)12(15)16/h4-5,8,14H,6-7H2,1-3H3,(H,15,16). The normalized spacial score (nSPS) is 14.5. The van der Waals surface area contributed by atoms with Crippen molar-refractivity contribution in [2.45, 2.75) is 32.6 Å². The Morgan fingerprint density at radius 3 is 2.44 bits per heavy atom. The third-order valence-electron chi connectivity index (χ3n) is 3.06. The lowest BCUT2D eigenvalue weighted by Crippen LogP contribution is -2.34. The van der Waals surface area contributed by atoms with Gasteiger partial charge in [0.05, 0.1) is 5.41 Å². The number of hydrogen-bond acceptors (Lipinski definition) is 2. The van der Waals surface area contributed by atoms with Crippen molar-refractivity contribution in [3.63, 3.8) is 0 Å². The Balaban J connectivity index is 3.26. The zero-order valence-electron chi connectivity index (χ0n) is 9.95. The van der Waals surface area contributed by atoms with E-state index in [-0.39, 0.29) is 13.0 Å². The van der Waals surface area contributed by atoms with Gasteiger partial charge in [-0.2, -0.15) is 0 Å². The lowest BCUT2D eigenvalue weighted by atomic mass is 9.77. The predicted molar refractivity (Wildman–Crippen MR) is 62.6 cm³/mol. The minimum Gasteiger partial charge on any atom is -0.481 e. The number of carboxylic acid groups (broad SMARTS) is 1. The van der Waals surface area contributed by atoms with Crippen LogP contribution in [0, 0.1) is 13.8 Å². The third kappa shape index (κ3) is 2.25. The Hall–Kier alpha value is -1.35. The molecule has 88 valence electrons. The smallest absolute Gasteiger partial charge is 0.313 e. The zero-order chi connectivity index (χ0) is 12.3. The molecule has 1 aromatic carbocycles. The van der Waals surface area contributed by atoms with Gasteiger partial charge < -0.3 is 10.2 Å². The fraction of sp³-hybridized carbons (Fsp3) is 0.462. The summed E-state index contributed by atoms with van der Waals surface area (Å²) < 4.78 is 0. The SMILES string of the molecule is Cc1ccc(C(C)(CCO)C(=O)O)c(C)c1. The summed E-state index contributed by atoms with van der Waals surface area (Å²) in [6.45, 7) is 5.40. The first kappa shape index (κ1) is 12.7. The van der Waals surface area contributed by atoms with Crippen LogP contribution in [-0.2, 0) is 10.2 Å². The largest absolute Gasteiger partial charge is 0.481 e. The van der Waals surface area contributed by atoms with E-state index in [1.165, 1.54) is 0 Å². The molecule has 0 saturated carbocycles. The molecule has 0 radical (unpaired) electrons. The zero-order valence-corrected chi connectivity index (χ0v) is 9.95. The monoisotopic (exact) mass is 222 g/mol. The Kier molecular flexibility index (Phi) is 3.70. The van der Waals surface area contributed by atoms with E-state index in [0.29, 0.717) is 0 Å². The van der Waals surface area contributed by atoms with Crippen LogP contribution < -0.4 is 0 Å². The van der Waals surface area contributed by atoms with Crippen LogP contribution in [-0.4, -0.2) is 22.8 Å². The number of rotatable bonds is 4. The molecule has 0 bridgehead atoms. The summed E-state index contributed by atoms with van der Waals surface area (Å²) in [4.78, 5) is 11.3. The van der Waals surface area contributed by atoms with Crippen molar-refractivity contribution in [1.29, 1.82) is 0 Å². The molecule has 0 amide bonds. The maximum atomic E-state index is 11.3. The molecule has 1 rings (SSSR count). The van der Waals surface area contributed by atoms with Gasteiger partial charge in [-0.1, -0.05) is 23.8 Å². The number of aryl methyl sites for hydroxylation is 2. The molecule has 3 heteroatoms. The molecule has 0 aromatic heterocycles. The molecule has 1 aromatic rings. The van der Waals surface area contributed by atoms with Crippen molar-refractivity contribution in [3.05, 3.63) is 34.9 Å². The average molecular weight is 222 g/mol. The minimum atomic E-state index is -1.01. The number of aliphatic hydroxyl groups excluding tert-OH is 1. The Labute approximate surface area is 95.7 Å². The number of carboxylic acids is 1. The molecule has 1 unspecified atom stereocenters. The fourth-order valence-corrected chi connectivity index (χ4v) is 2.01. The van der Waals surface area contributed by atoms with Gasteiger partial charge in [-0.05, 0) is 38.3 Å². The minimum absolute atomic E-state index is 0.129. The van der Waals surface area contributed by atoms with Crippen LogP contribution in [0.25, 0.3) is 0 Å². The summed E-state index contributed by atoms with van der Waals surface area (Å²) in [6.07, 6.45) is 0.228. The van der Waals surface area contributed by atoms with Crippen molar-refractivity contribution in [2.75, 3.05) is 6.61 Å². The molecule has 0 saturated heterocycles. The third-order valence-corrected chi connectivity index (χ3v) is 3.06. The first-order valence-corrected chi connectivity index (χ1v) is 5.34. The molecule has 0 fully saturated rings. The van der Waals surface area contributed by atoms with Gasteiger partial charge in [0, 0.05) is 6.61 Å². The van der Waals surface area contributed by atoms with Crippen molar-refractivity contribution >= 4 is 5.97 Å². The Morgan fingerprint density at radius 2 is 2.00 bits per heavy atom. The second-order valence-corrected chi connectivity index (χ2v) is 4.43. The van der Waals surface area contributed by atoms with E-state index in [1.54, 1.807) is 6.92 Å². The van der Waals surface area contributed by atoms with E-state index in [0.717, 1.165) is 16.7 Å². The summed E-state index contributed by atoms with van der Waals surface area (Å²) in [6, 6.07) is 5.71. The molecule has 2 N–H and O–H groups in total. The van der Waals surface area contributed by atoms with Crippen LogP contribution in [0.1, 0.15) is 30.0 Å². The first-order valence-electron chi connectivity index (χ1n) is 5.34. The van der Waals surface area contributed by atoms with Gasteiger partial charge in [0.15, 0.2) is 0 Å². The number of carbonyl (C=O) groups is 1. The molecule has 0 aliphatic carbocycles. The molecule has 16 heavy (non-hydrogen) atoms. The van der Waals surface area contributed by atoms with Crippen LogP contribution in [0.4, 0.5) is 0 Å². The molecule has 0 spiro atoms. The number of aliphatic carboxylic acids is 1. The topological polar surface area (TPSA) is 57.5 Å². The van der Waals surface area contributed by atoms with E-state index < -0.39 is 11.4 Å². The van der Waals surface area contributed by atoms with Crippen molar-refractivity contribution in [3.8, 4) is 0 Å². The molecular weight excluding hydrogens is 204 g/mol. The average Bonchev–Trinajstić information content (AvgIpc) is 2.17. The lowest BCUT2D eigenvalue weighted by Gasteiger charge is -2.26. The van der Waals surface area contributed by atoms with Gasteiger partial charge in [-0.15, -0.1) is 0 Å². The number of hydrogen-bond donors (Lipinski definition) is 2. The van der Waals surface area contributed by atoms with Crippen LogP contribution in [0.5, 0.6) is 0 Å². The van der Waals surface area contributed by atoms with Gasteiger partial charge in [0.1, 0.15) is 0 Å². The summed E-state index contributed by atoms with van der Waals surface area (Å²) in [5.41, 5.74) is 1.84. The van der Waals surface area contributed by atoms with Crippen molar-refractivity contribution in [1.82, 2.24) is 0 Å². The fourth-order valence-electron chi connectivity index (χ4n) is 2.01. The van der Waals surface area contributed by atoms with Gasteiger partial charge in [-0.3, -0.25) is 4.79 Å².